The van der Waals surface area contributed by atoms with E-state index < -0.39 is 17.4 Å². The summed E-state index contributed by atoms with van der Waals surface area (Å²) < 4.78 is 1.82. The van der Waals surface area contributed by atoms with Crippen LogP contribution in [0.2, 0.25) is 0 Å². The zero-order chi connectivity index (χ0) is 28.8. The molecule has 0 spiro atoms. The third-order valence-corrected chi connectivity index (χ3v) is 7.91. The van der Waals surface area contributed by atoms with Gasteiger partial charge in [0.1, 0.15) is 23.2 Å². The first kappa shape index (κ1) is 27.9. The maximum atomic E-state index is 12.0. The second kappa shape index (κ2) is 10.4. The molecular formula is C32H42N6O2. The van der Waals surface area contributed by atoms with Crippen LogP contribution in [0.3, 0.4) is 0 Å². The molecule has 2 aromatic carbocycles. The molecule has 0 saturated carbocycles. The van der Waals surface area contributed by atoms with Crippen molar-refractivity contribution in [2.45, 2.75) is 66.5 Å². The molecule has 3 heterocycles. The van der Waals surface area contributed by atoms with Crippen LogP contribution in [0.1, 0.15) is 64.7 Å². The maximum absolute atomic E-state index is 12.0. The van der Waals surface area contributed by atoms with Crippen LogP contribution in [0, 0.1) is 12.3 Å². The van der Waals surface area contributed by atoms with Gasteiger partial charge in [-0.15, -0.1) is 0 Å². The summed E-state index contributed by atoms with van der Waals surface area (Å²) in [6.07, 6.45) is 1.92. The Balaban J connectivity index is 1.28. The molecule has 0 bridgehead atoms. The molecule has 8 heteroatoms. The van der Waals surface area contributed by atoms with Gasteiger partial charge in [0.05, 0.1) is 16.9 Å². The van der Waals surface area contributed by atoms with E-state index >= 15 is 0 Å². The topological polar surface area (TPSA) is 90.3 Å². The van der Waals surface area contributed by atoms with Gasteiger partial charge >= 0.3 is 5.97 Å². The summed E-state index contributed by atoms with van der Waals surface area (Å²) in [5, 5.41) is 9.86. The number of imidazole rings is 2. The van der Waals surface area contributed by atoms with Gasteiger partial charge in [0.25, 0.3) is 0 Å². The minimum atomic E-state index is -0.828. The number of hydrogen-bond donors (Lipinski definition) is 2. The third-order valence-electron chi connectivity index (χ3n) is 7.91. The number of carboxylic acids is 1. The lowest BCUT2D eigenvalue weighted by Crippen LogP contribution is -2.46. The number of carboxylic acid groups (broad SMARTS) is 1. The molecule has 0 aliphatic carbocycles. The number of aliphatic carboxylic acids is 1. The highest BCUT2D eigenvalue weighted by Gasteiger charge is 2.34. The number of nitrogens with one attached hydrogen (secondary N) is 1. The SMILES string of the molecule is Cc1nc(CN2CCN(c3cccc4[nH]c(-c5ccc(C(C)(C)C)cc5)nc34)CC2)cn1C(C(=O)O)C(C)(C)C. The fourth-order valence-electron chi connectivity index (χ4n) is 5.71. The van der Waals surface area contributed by atoms with Gasteiger partial charge in [0.2, 0.25) is 0 Å². The predicted molar refractivity (Wildman–Crippen MR) is 161 cm³/mol. The number of fused-ring (bicyclic) bond motifs is 1. The van der Waals surface area contributed by atoms with Crippen molar-refractivity contribution >= 4 is 22.7 Å². The van der Waals surface area contributed by atoms with Crippen molar-refractivity contribution in [3.63, 3.8) is 0 Å². The van der Waals surface area contributed by atoms with Crippen molar-refractivity contribution in [3.8, 4) is 11.4 Å². The zero-order valence-corrected chi connectivity index (χ0v) is 24.8. The van der Waals surface area contributed by atoms with Gasteiger partial charge < -0.3 is 19.6 Å². The summed E-state index contributed by atoms with van der Waals surface area (Å²) in [5.41, 5.74) is 6.22. The number of para-hydroxylation sites is 1. The summed E-state index contributed by atoms with van der Waals surface area (Å²) in [4.78, 5) is 30.1. The molecule has 2 N–H and O–H groups in total. The number of anilines is 1. The predicted octanol–water partition coefficient (Wildman–Crippen LogP) is 6.03. The van der Waals surface area contributed by atoms with E-state index in [0.29, 0.717) is 6.54 Å². The summed E-state index contributed by atoms with van der Waals surface area (Å²) in [5.74, 6) is 0.804. The van der Waals surface area contributed by atoms with Crippen LogP contribution >= 0.6 is 0 Å². The smallest absolute Gasteiger partial charge is 0.327 e. The molecule has 1 atom stereocenters. The van der Waals surface area contributed by atoms with Crippen LogP contribution in [-0.4, -0.2) is 61.7 Å². The van der Waals surface area contributed by atoms with Crippen molar-refractivity contribution in [3.05, 3.63) is 65.7 Å². The summed E-state index contributed by atoms with van der Waals surface area (Å²) >= 11 is 0. The largest absolute Gasteiger partial charge is 0.480 e. The number of aromatic nitrogens is 4. The van der Waals surface area contributed by atoms with Crippen LogP contribution < -0.4 is 4.90 Å². The summed E-state index contributed by atoms with van der Waals surface area (Å²) in [6.45, 7) is 18.7. The average molecular weight is 543 g/mol. The molecule has 5 rings (SSSR count). The molecule has 0 radical (unpaired) electrons. The van der Waals surface area contributed by atoms with E-state index in [2.05, 4.69) is 78.0 Å². The van der Waals surface area contributed by atoms with Gasteiger partial charge in [0, 0.05) is 44.5 Å². The molecule has 212 valence electrons. The molecule has 1 aliphatic heterocycles. The number of carbonyl (C=O) groups is 1. The number of rotatable bonds is 6. The van der Waals surface area contributed by atoms with E-state index in [1.54, 1.807) is 0 Å². The van der Waals surface area contributed by atoms with Gasteiger partial charge in [-0.2, -0.15) is 0 Å². The first-order valence-electron chi connectivity index (χ1n) is 14.2. The van der Waals surface area contributed by atoms with Gasteiger partial charge in [-0.1, -0.05) is 71.9 Å². The number of nitrogens with zero attached hydrogens (tertiary/aromatic N) is 5. The number of aromatic amines is 1. The Morgan fingerprint density at radius 2 is 1.65 bits per heavy atom. The number of hydrogen-bond acceptors (Lipinski definition) is 5. The lowest BCUT2D eigenvalue weighted by atomic mass is 9.86. The Morgan fingerprint density at radius 1 is 0.975 bits per heavy atom. The van der Waals surface area contributed by atoms with Crippen molar-refractivity contribution in [2.24, 2.45) is 5.41 Å². The second-order valence-electron chi connectivity index (χ2n) is 13.1. The lowest BCUT2D eigenvalue weighted by Gasteiger charge is -2.35. The van der Waals surface area contributed by atoms with Crippen LogP contribution in [0.25, 0.3) is 22.4 Å². The number of benzene rings is 2. The van der Waals surface area contributed by atoms with E-state index in [1.807, 2.05) is 38.5 Å². The number of piperazine rings is 1. The molecule has 1 unspecified atom stereocenters. The van der Waals surface area contributed by atoms with Crippen LogP contribution in [0.15, 0.2) is 48.7 Å². The Kier molecular flexibility index (Phi) is 7.25. The molecule has 1 saturated heterocycles. The molecule has 0 amide bonds. The van der Waals surface area contributed by atoms with Crippen molar-refractivity contribution in [1.82, 2.24) is 24.4 Å². The lowest BCUT2D eigenvalue weighted by molar-refractivity contribution is -0.144. The highest BCUT2D eigenvalue weighted by Crippen LogP contribution is 2.33. The summed E-state index contributed by atoms with van der Waals surface area (Å²) in [7, 11) is 0. The van der Waals surface area contributed by atoms with E-state index in [0.717, 1.165) is 65.8 Å². The molecule has 40 heavy (non-hydrogen) atoms. The fraction of sp³-hybridized carbons (Fsp3) is 0.469. The highest BCUT2D eigenvalue weighted by atomic mass is 16.4. The Morgan fingerprint density at radius 3 is 2.25 bits per heavy atom. The monoisotopic (exact) mass is 542 g/mol. The average Bonchev–Trinajstić information content (AvgIpc) is 3.46. The number of H-pyrrole nitrogens is 1. The van der Waals surface area contributed by atoms with Crippen LogP contribution in [0.4, 0.5) is 5.69 Å². The van der Waals surface area contributed by atoms with E-state index in [1.165, 1.54) is 5.56 Å². The Hall–Kier alpha value is -3.65. The molecular weight excluding hydrogens is 500 g/mol. The highest BCUT2D eigenvalue weighted by molar-refractivity contribution is 5.91. The van der Waals surface area contributed by atoms with E-state index in [9.17, 15) is 9.90 Å². The van der Waals surface area contributed by atoms with Crippen molar-refractivity contribution in [2.75, 3.05) is 31.1 Å². The maximum Gasteiger partial charge on any atom is 0.327 e. The third kappa shape index (κ3) is 5.63. The van der Waals surface area contributed by atoms with Crippen molar-refractivity contribution in [1.29, 1.82) is 0 Å². The molecule has 1 fully saturated rings. The Labute approximate surface area is 237 Å². The van der Waals surface area contributed by atoms with Gasteiger partial charge in [-0.3, -0.25) is 4.90 Å². The van der Waals surface area contributed by atoms with E-state index in [4.69, 9.17) is 9.97 Å². The molecule has 8 nitrogen and oxygen atoms in total. The zero-order valence-electron chi connectivity index (χ0n) is 24.8. The number of aryl methyl sites for hydroxylation is 1. The Bertz CT molecular complexity index is 1500. The van der Waals surface area contributed by atoms with E-state index in [-0.39, 0.29) is 5.41 Å². The van der Waals surface area contributed by atoms with Crippen LogP contribution in [-0.2, 0) is 16.8 Å². The first-order chi connectivity index (χ1) is 18.8. The van der Waals surface area contributed by atoms with Gasteiger partial charge in [-0.25, -0.2) is 14.8 Å². The minimum absolute atomic E-state index is 0.119. The first-order valence-corrected chi connectivity index (χ1v) is 14.2. The van der Waals surface area contributed by atoms with Gasteiger partial charge in [0.15, 0.2) is 0 Å². The minimum Gasteiger partial charge on any atom is -0.480 e. The molecule has 2 aromatic heterocycles. The van der Waals surface area contributed by atoms with Crippen LogP contribution in [0.5, 0.6) is 0 Å². The second-order valence-corrected chi connectivity index (χ2v) is 13.1. The molecule has 1 aliphatic rings. The normalized spacial score (nSPS) is 16.0. The fourth-order valence-corrected chi connectivity index (χ4v) is 5.71. The quantitative estimate of drug-likeness (QED) is 0.309. The summed E-state index contributed by atoms with van der Waals surface area (Å²) in [6, 6.07) is 14.4. The van der Waals surface area contributed by atoms with Gasteiger partial charge in [-0.05, 0) is 35.4 Å². The standard InChI is InChI=1S/C32H42N6O2/c1-21-33-24(20-38(21)28(30(39)40)32(5,6)7)19-36-15-17-37(18-16-36)26-10-8-9-25-27(26)35-29(34-25)22-11-13-23(14-12-22)31(2,3)4/h8-14,20,28H,15-19H2,1-7H3,(H,34,35)(H,39,40). The van der Waals surface area contributed by atoms with Crippen molar-refractivity contribution < 1.29 is 9.90 Å². The molecule has 4 aromatic rings.